The number of phenolic OH excluding ortho intramolecular Hbond substituents is 2. The summed E-state index contributed by atoms with van der Waals surface area (Å²) in [5.41, 5.74) is 1.59. The number of oxime groups is 1. The van der Waals surface area contributed by atoms with E-state index in [9.17, 15) is 10.2 Å². The van der Waals surface area contributed by atoms with E-state index in [4.69, 9.17) is 4.84 Å². The highest BCUT2D eigenvalue weighted by Crippen LogP contribution is 2.26. The highest BCUT2D eigenvalue weighted by Gasteiger charge is 2.08. The first-order valence-electron chi connectivity index (χ1n) is 6.40. The molecule has 0 saturated heterocycles. The van der Waals surface area contributed by atoms with E-state index in [1.807, 2.05) is 6.92 Å². The predicted molar refractivity (Wildman–Crippen MR) is 72.1 cm³/mol. The zero-order valence-corrected chi connectivity index (χ0v) is 11.0. The average Bonchev–Trinajstić information content (AvgIpc) is 2.37. The fourth-order valence-electron chi connectivity index (χ4n) is 1.63. The van der Waals surface area contributed by atoms with E-state index in [0.29, 0.717) is 6.61 Å². The molecule has 18 heavy (non-hydrogen) atoms. The number of hydrogen-bond donors (Lipinski definition) is 2. The predicted octanol–water partition coefficient (Wildman–Crippen LogP) is 3.42. The van der Waals surface area contributed by atoms with Crippen molar-refractivity contribution >= 4 is 5.71 Å². The molecule has 0 spiro atoms. The van der Waals surface area contributed by atoms with Crippen LogP contribution < -0.4 is 0 Å². The van der Waals surface area contributed by atoms with Gasteiger partial charge in [-0.15, -0.1) is 0 Å². The van der Waals surface area contributed by atoms with E-state index >= 15 is 0 Å². The SMILES string of the molecule is CCCCC/C(=N\OCC)c1ccc(O)c(O)c1. The average molecular weight is 251 g/mol. The first-order chi connectivity index (χ1) is 8.69. The van der Waals surface area contributed by atoms with E-state index in [-0.39, 0.29) is 11.5 Å². The third kappa shape index (κ3) is 4.28. The van der Waals surface area contributed by atoms with Crippen molar-refractivity contribution in [3.05, 3.63) is 23.8 Å². The highest BCUT2D eigenvalue weighted by atomic mass is 16.6. The zero-order valence-electron chi connectivity index (χ0n) is 11.0. The molecule has 1 rings (SSSR count). The summed E-state index contributed by atoms with van der Waals surface area (Å²) in [4.78, 5) is 5.09. The number of benzene rings is 1. The Morgan fingerprint density at radius 2 is 1.94 bits per heavy atom. The molecule has 0 bridgehead atoms. The number of rotatable bonds is 7. The fourth-order valence-corrected chi connectivity index (χ4v) is 1.63. The maximum absolute atomic E-state index is 9.50. The van der Waals surface area contributed by atoms with Crippen LogP contribution >= 0.6 is 0 Å². The van der Waals surface area contributed by atoms with Crippen LogP contribution in [-0.4, -0.2) is 22.5 Å². The van der Waals surface area contributed by atoms with E-state index in [0.717, 1.165) is 37.0 Å². The summed E-state index contributed by atoms with van der Waals surface area (Å²) in [7, 11) is 0. The molecule has 1 aromatic carbocycles. The van der Waals surface area contributed by atoms with Gasteiger partial charge in [0.15, 0.2) is 11.5 Å². The summed E-state index contributed by atoms with van der Waals surface area (Å²) < 4.78 is 0. The van der Waals surface area contributed by atoms with Crippen LogP contribution in [0.2, 0.25) is 0 Å². The number of nitrogens with zero attached hydrogens (tertiary/aromatic N) is 1. The number of phenols is 2. The van der Waals surface area contributed by atoms with Crippen LogP contribution in [-0.2, 0) is 4.84 Å². The molecular formula is C14H21NO3. The Morgan fingerprint density at radius 3 is 2.56 bits per heavy atom. The first kappa shape index (κ1) is 14.4. The van der Waals surface area contributed by atoms with Crippen LogP contribution in [0.25, 0.3) is 0 Å². The Hall–Kier alpha value is -1.71. The van der Waals surface area contributed by atoms with Crippen molar-refractivity contribution in [2.24, 2.45) is 5.16 Å². The fraction of sp³-hybridized carbons (Fsp3) is 0.500. The van der Waals surface area contributed by atoms with Gasteiger partial charge in [0, 0.05) is 5.56 Å². The van der Waals surface area contributed by atoms with Gasteiger partial charge in [0.05, 0.1) is 5.71 Å². The van der Waals surface area contributed by atoms with Crippen molar-refractivity contribution in [1.29, 1.82) is 0 Å². The molecule has 0 aliphatic carbocycles. The lowest BCUT2D eigenvalue weighted by molar-refractivity contribution is 0.158. The van der Waals surface area contributed by atoms with Gasteiger partial charge in [-0.2, -0.15) is 0 Å². The second-order valence-electron chi connectivity index (χ2n) is 4.12. The Morgan fingerprint density at radius 1 is 1.17 bits per heavy atom. The summed E-state index contributed by atoms with van der Waals surface area (Å²) in [5.74, 6) is -0.254. The lowest BCUT2D eigenvalue weighted by Gasteiger charge is -2.07. The number of hydrogen-bond acceptors (Lipinski definition) is 4. The summed E-state index contributed by atoms with van der Waals surface area (Å²) in [5, 5.41) is 22.9. The second-order valence-corrected chi connectivity index (χ2v) is 4.12. The molecule has 0 heterocycles. The molecular weight excluding hydrogens is 230 g/mol. The topological polar surface area (TPSA) is 62.0 Å². The van der Waals surface area contributed by atoms with Gasteiger partial charge in [-0.3, -0.25) is 0 Å². The molecule has 0 saturated carbocycles. The van der Waals surface area contributed by atoms with Crippen LogP contribution in [0.15, 0.2) is 23.4 Å². The minimum Gasteiger partial charge on any atom is -0.504 e. The molecule has 2 N–H and O–H groups in total. The maximum atomic E-state index is 9.50. The largest absolute Gasteiger partial charge is 0.504 e. The van der Waals surface area contributed by atoms with Gasteiger partial charge in [0.2, 0.25) is 0 Å². The second kappa shape index (κ2) is 7.58. The van der Waals surface area contributed by atoms with Crippen LogP contribution in [0.5, 0.6) is 11.5 Å². The van der Waals surface area contributed by atoms with E-state index in [2.05, 4.69) is 12.1 Å². The van der Waals surface area contributed by atoms with Crippen molar-refractivity contribution in [3.8, 4) is 11.5 Å². The van der Waals surface area contributed by atoms with Crippen molar-refractivity contribution in [3.63, 3.8) is 0 Å². The van der Waals surface area contributed by atoms with E-state index in [1.54, 1.807) is 6.07 Å². The van der Waals surface area contributed by atoms with E-state index in [1.165, 1.54) is 12.1 Å². The van der Waals surface area contributed by atoms with Gasteiger partial charge in [-0.25, -0.2) is 0 Å². The lowest BCUT2D eigenvalue weighted by Crippen LogP contribution is -2.02. The van der Waals surface area contributed by atoms with Gasteiger partial charge in [-0.05, 0) is 38.0 Å². The maximum Gasteiger partial charge on any atom is 0.158 e. The molecule has 4 nitrogen and oxygen atoms in total. The van der Waals surface area contributed by atoms with Gasteiger partial charge < -0.3 is 15.1 Å². The molecule has 0 fully saturated rings. The summed E-state index contributed by atoms with van der Waals surface area (Å²) in [6, 6.07) is 4.71. The number of aromatic hydroxyl groups is 2. The van der Waals surface area contributed by atoms with Crippen LogP contribution in [0.1, 0.15) is 45.1 Å². The Kier molecular flexibility index (Phi) is 6.05. The minimum atomic E-state index is -0.132. The zero-order chi connectivity index (χ0) is 13.4. The van der Waals surface area contributed by atoms with E-state index < -0.39 is 0 Å². The summed E-state index contributed by atoms with van der Waals surface area (Å²) in [6.07, 6.45) is 4.11. The quantitative estimate of drug-likeness (QED) is 0.338. The Bertz CT molecular complexity index is 402. The molecule has 0 radical (unpaired) electrons. The number of unbranched alkanes of at least 4 members (excludes halogenated alkanes) is 2. The Balaban J connectivity index is 2.83. The smallest absolute Gasteiger partial charge is 0.158 e. The molecule has 0 aromatic heterocycles. The van der Waals surface area contributed by atoms with Gasteiger partial charge in [0.1, 0.15) is 6.61 Å². The van der Waals surface area contributed by atoms with Crippen molar-refractivity contribution in [2.45, 2.75) is 39.5 Å². The molecule has 0 unspecified atom stereocenters. The van der Waals surface area contributed by atoms with Gasteiger partial charge in [-0.1, -0.05) is 24.9 Å². The summed E-state index contributed by atoms with van der Waals surface area (Å²) in [6.45, 7) is 4.54. The molecule has 4 heteroatoms. The standard InChI is InChI=1S/C14H21NO3/c1-3-5-6-7-12(15-18-4-2)11-8-9-13(16)14(17)10-11/h8-10,16-17H,3-7H2,1-2H3/b15-12+. The minimum absolute atomic E-state index is 0.122. The van der Waals surface area contributed by atoms with Gasteiger partial charge in [0.25, 0.3) is 0 Å². The van der Waals surface area contributed by atoms with Crippen molar-refractivity contribution in [1.82, 2.24) is 0 Å². The van der Waals surface area contributed by atoms with Crippen molar-refractivity contribution in [2.75, 3.05) is 6.61 Å². The molecule has 100 valence electrons. The normalized spacial score (nSPS) is 11.6. The Labute approximate surface area is 108 Å². The third-order valence-corrected chi connectivity index (χ3v) is 2.63. The molecule has 1 aromatic rings. The highest BCUT2D eigenvalue weighted by molar-refractivity contribution is 6.00. The molecule has 0 aliphatic heterocycles. The molecule has 0 amide bonds. The van der Waals surface area contributed by atoms with Crippen molar-refractivity contribution < 1.29 is 15.1 Å². The molecule has 0 aliphatic rings. The first-order valence-corrected chi connectivity index (χ1v) is 6.40. The van der Waals surface area contributed by atoms with Gasteiger partial charge >= 0.3 is 0 Å². The lowest BCUT2D eigenvalue weighted by atomic mass is 10.0. The monoisotopic (exact) mass is 251 g/mol. The molecule has 0 atom stereocenters. The third-order valence-electron chi connectivity index (χ3n) is 2.63. The van der Waals surface area contributed by atoms with Crippen LogP contribution in [0, 0.1) is 0 Å². The summed E-state index contributed by atoms with van der Waals surface area (Å²) >= 11 is 0. The van der Waals surface area contributed by atoms with Crippen LogP contribution in [0.3, 0.4) is 0 Å². The van der Waals surface area contributed by atoms with Crippen LogP contribution in [0.4, 0.5) is 0 Å².